The van der Waals surface area contributed by atoms with Crippen LogP contribution in [0.2, 0.25) is 0 Å². The summed E-state index contributed by atoms with van der Waals surface area (Å²) in [6, 6.07) is 0. The number of aryl methyl sites for hydroxylation is 1. The van der Waals surface area contributed by atoms with Crippen LogP contribution in [0.3, 0.4) is 0 Å². The van der Waals surface area contributed by atoms with Crippen LogP contribution >= 0.6 is 0 Å². The minimum atomic E-state index is -0.985. The fraction of sp³-hybridized carbons (Fsp3) is 0.500. The van der Waals surface area contributed by atoms with E-state index >= 15 is 0 Å². The number of aromatic nitrogens is 1. The molecule has 0 aliphatic rings. The number of hydrogen-bond donors (Lipinski definition) is 1. The largest absolute Gasteiger partial charge is 0.496 e. The number of carbonyl (C=O) groups is 1. The maximum atomic E-state index is 10.6. The van der Waals surface area contributed by atoms with Crippen LogP contribution in [0, 0.1) is 13.8 Å². The standard InChI is InChI=1S/C12H17NO4/c1-7-5-13-10(8(2)11(7)16-4)6-17-9(3)12(14)15/h5,9H,6H2,1-4H3,(H,14,15). The summed E-state index contributed by atoms with van der Waals surface area (Å²) in [5.41, 5.74) is 2.52. The Morgan fingerprint density at radius 1 is 1.53 bits per heavy atom. The van der Waals surface area contributed by atoms with E-state index in [1.165, 1.54) is 6.92 Å². The summed E-state index contributed by atoms with van der Waals surface area (Å²) < 4.78 is 10.5. The van der Waals surface area contributed by atoms with Crippen molar-refractivity contribution in [2.75, 3.05) is 7.11 Å². The molecule has 0 spiro atoms. The fourth-order valence-corrected chi connectivity index (χ4v) is 1.49. The molecule has 0 radical (unpaired) electrons. The third kappa shape index (κ3) is 3.17. The van der Waals surface area contributed by atoms with Crippen LogP contribution in [0.25, 0.3) is 0 Å². The van der Waals surface area contributed by atoms with Gasteiger partial charge in [0.1, 0.15) is 5.75 Å². The topological polar surface area (TPSA) is 68.7 Å². The van der Waals surface area contributed by atoms with Gasteiger partial charge in [-0.05, 0) is 20.8 Å². The molecule has 0 saturated carbocycles. The molecule has 17 heavy (non-hydrogen) atoms. The third-order valence-electron chi connectivity index (χ3n) is 2.57. The molecule has 1 rings (SSSR count). The highest BCUT2D eigenvalue weighted by Gasteiger charge is 2.14. The molecule has 1 heterocycles. The van der Waals surface area contributed by atoms with Crippen LogP contribution in [-0.4, -0.2) is 29.3 Å². The molecule has 1 aromatic rings. The summed E-state index contributed by atoms with van der Waals surface area (Å²) in [6.07, 6.45) is 0.846. The van der Waals surface area contributed by atoms with E-state index in [1.54, 1.807) is 13.3 Å². The molecule has 1 atom stereocenters. The van der Waals surface area contributed by atoms with Crippen molar-refractivity contribution in [3.63, 3.8) is 0 Å². The van der Waals surface area contributed by atoms with Crippen LogP contribution in [-0.2, 0) is 16.1 Å². The van der Waals surface area contributed by atoms with Crippen molar-refractivity contribution in [2.45, 2.75) is 33.5 Å². The van der Waals surface area contributed by atoms with Crippen molar-refractivity contribution in [2.24, 2.45) is 0 Å². The predicted molar refractivity (Wildman–Crippen MR) is 62.1 cm³/mol. The van der Waals surface area contributed by atoms with Crippen molar-refractivity contribution in [3.8, 4) is 5.75 Å². The maximum absolute atomic E-state index is 10.6. The highest BCUT2D eigenvalue weighted by atomic mass is 16.5. The average molecular weight is 239 g/mol. The summed E-state index contributed by atoms with van der Waals surface area (Å²) in [5, 5.41) is 8.70. The van der Waals surface area contributed by atoms with Crippen LogP contribution in [0.1, 0.15) is 23.7 Å². The monoisotopic (exact) mass is 239 g/mol. The van der Waals surface area contributed by atoms with Gasteiger partial charge in [0, 0.05) is 17.3 Å². The van der Waals surface area contributed by atoms with Gasteiger partial charge in [-0.2, -0.15) is 0 Å². The first-order chi connectivity index (χ1) is 7.97. The molecule has 0 aromatic carbocycles. The first-order valence-corrected chi connectivity index (χ1v) is 5.30. The van der Waals surface area contributed by atoms with E-state index in [0.717, 1.165) is 16.9 Å². The first kappa shape index (κ1) is 13.4. The maximum Gasteiger partial charge on any atom is 0.332 e. The Bertz CT molecular complexity index is 417. The van der Waals surface area contributed by atoms with E-state index < -0.39 is 12.1 Å². The minimum Gasteiger partial charge on any atom is -0.496 e. The number of pyridine rings is 1. The summed E-state index contributed by atoms with van der Waals surface area (Å²) in [5.74, 6) is -0.219. The lowest BCUT2D eigenvalue weighted by Gasteiger charge is -2.13. The zero-order chi connectivity index (χ0) is 13.0. The molecule has 0 saturated heterocycles. The smallest absolute Gasteiger partial charge is 0.332 e. The molecule has 0 aliphatic heterocycles. The minimum absolute atomic E-state index is 0.163. The molecule has 94 valence electrons. The quantitative estimate of drug-likeness (QED) is 0.846. The van der Waals surface area contributed by atoms with Gasteiger partial charge in [0.25, 0.3) is 0 Å². The molecule has 1 aromatic heterocycles. The molecule has 0 fully saturated rings. The van der Waals surface area contributed by atoms with E-state index in [4.69, 9.17) is 14.6 Å². The lowest BCUT2D eigenvalue weighted by atomic mass is 10.1. The van der Waals surface area contributed by atoms with Gasteiger partial charge < -0.3 is 14.6 Å². The molecule has 1 N–H and O–H groups in total. The van der Waals surface area contributed by atoms with Crippen LogP contribution in [0.4, 0.5) is 0 Å². The number of ether oxygens (including phenoxy) is 2. The van der Waals surface area contributed by atoms with Crippen LogP contribution < -0.4 is 4.74 Å². The summed E-state index contributed by atoms with van der Waals surface area (Å²) in [6.45, 7) is 5.44. The Kier molecular flexibility index (Phi) is 4.45. The van der Waals surface area contributed by atoms with Gasteiger partial charge in [0.15, 0.2) is 6.10 Å². The van der Waals surface area contributed by atoms with Gasteiger partial charge in [-0.15, -0.1) is 0 Å². The van der Waals surface area contributed by atoms with E-state index in [-0.39, 0.29) is 6.61 Å². The normalized spacial score (nSPS) is 12.2. The van der Waals surface area contributed by atoms with E-state index in [0.29, 0.717) is 5.69 Å². The zero-order valence-electron chi connectivity index (χ0n) is 10.5. The molecular weight excluding hydrogens is 222 g/mol. The van der Waals surface area contributed by atoms with Crippen molar-refractivity contribution < 1.29 is 19.4 Å². The zero-order valence-corrected chi connectivity index (χ0v) is 10.5. The SMILES string of the molecule is COc1c(C)cnc(COC(C)C(=O)O)c1C. The number of aliphatic carboxylic acids is 1. The Morgan fingerprint density at radius 2 is 2.18 bits per heavy atom. The fourth-order valence-electron chi connectivity index (χ4n) is 1.49. The number of nitrogens with zero attached hydrogens (tertiary/aromatic N) is 1. The number of rotatable bonds is 5. The summed E-state index contributed by atoms with van der Waals surface area (Å²) in [4.78, 5) is 14.8. The second-order valence-corrected chi connectivity index (χ2v) is 3.84. The molecule has 0 aliphatic carbocycles. The number of methoxy groups -OCH3 is 1. The number of carboxylic acid groups (broad SMARTS) is 1. The average Bonchev–Trinajstić information content (AvgIpc) is 2.28. The number of hydrogen-bond acceptors (Lipinski definition) is 4. The molecule has 0 amide bonds. The van der Waals surface area contributed by atoms with Crippen molar-refractivity contribution in [1.29, 1.82) is 0 Å². The predicted octanol–water partition coefficient (Wildman–Crippen LogP) is 1.70. The van der Waals surface area contributed by atoms with Gasteiger partial charge in [0.05, 0.1) is 19.4 Å². The Labute approximate surface area is 100 Å². The van der Waals surface area contributed by atoms with Crippen LogP contribution in [0.15, 0.2) is 6.20 Å². The highest BCUT2D eigenvalue weighted by Crippen LogP contribution is 2.24. The van der Waals surface area contributed by atoms with Gasteiger partial charge in [-0.1, -0.05) is 0 Å². The second kappa shape index (κ2) is 5.63. The van der Waals surface area contributed by atoms with E-state index in [9.17, 15) is 4.79 Å². The first-order valence-electron chi connectivity index (χ1n) is 5.30. The van der Waals surface area contributed by atoms with Crippen molar-refractivity contribution in [1.82, 2.24) is 4.98 Å². The lowest BCUT2D eigenvalue weighted by Crippen LogP contribution is -2.20. The highest BCUT2D eigenvalue weighted by molar-refractivity contribution is 5.71. The molecule has 1 unspecified atom stereocenters. The Morgan fingerprint density at radius 3 is 2.71 bits per heavy atom. The van der Waals surface area contributed by atoms with Gasteiger partial charge in [-0.3, -0.25) is 4.98 Å². The summed E-state index contributed by atoms with van der Waals surface area (Å²) >= 11 is 0. The Balaban J connectivity index is 2.82. The van der Waals surface area contributed by atoms with Crippen molar-refractivity contribution >= 4 is 5.97 Å². The second-order valence-electron chi connectivity index (χ2n) is 3.84. The van der Waals surface area contributed by atoms with Crippen molar-refractivity contribution in [3.05, 3.63) is 23.0 Å². The number of carboxylic acids is 1. The molecule has 0 bridgehead atoms. The third-order valence-corrected chi connectivity index (χ3v) is 2.57. The molecule has 5 nitrogen and oxygen atoms in total. The molecule has 5 heteroatoms. The van der Waals surface area contributed by atoms with Gasteiger partial charge >= 0.3 is 5.97 Å². The van der Waals surface area contributed by atoms with E-state index in [1.807, 2.05) is 13.8 Å². The molecular formula is C12H17NO4. The van der Waals surface area contributed by atoms with Crippen LogP contribution in [0.5, 0.6) is 5.75 Å². The van der Waals surface area contributed by atoms with Gasteiger partial charge in [0.2, 0.25) is 0 Å². The van der Waals surface area contributed by atoms with E-state index in [2.05, 4.69) is 4.98 Å². The Hall–Kier alpha value is -1.62. The lowest BCUT2D eigenvalue weighted by molar-refractivity contribution is -0.149. The van der Waals surface area contributed by atoms with Gasteiger partial charge in [-0.25, -0.2) is 4.79 Å². The summed E-state index contributed by atoms with van der Waals surface area (Å²) in [7, 11) is 1.60.